The fraction of sp³-hybridized carbons (Fsp3) is 0.111. The molecule has 0 unspecified atom stereocenters. The zero-order valence-electron chi connectivity index (χ0n) is 13.6. The Morgan fingerprint density at radius 2 is 2.16 bits per heavy atom. The second-order valence-corrected chi connectivity index (χ2v) is 5.59. The number of nitrogens with two attached hydrogens (primary N) is 1. The minimum absolute atomic E-state index is 0.202. The number of aliphatic imine (C=N–C) groups is 1. The average Bonchev–Trinajstić information content (AvgIpc) is 2.64. The van der Waals surface area contributed by atoms with Crippen LogP contribution in [0.5, 0.6) is 5.75 Å². The molecule has 0 saturated heterocycles. The van der Waals surface area contributed by atoms with E-state index < -0.39 is 0 Å². The molecule has 25 heavy (non-hydrogen) atoms. The topological polar surface area (TPSA) is 86.3 Å². The average molecular weight is 354 g/mol. The Morgan fingerprint density at radius 1 is 1.28 bits per heavy atom. The molecule has 0 amide bonds. The standard InChI is InChI=1S/C18H16ClN5O/c1-21-10-14(15(20)11-25-13-3-2-6-22-9-13)12-7-17-16(23-8-12)4-5-18(19)24-17/h2-10H,11,20H2,1H3. The molecule has 3 heterocycles. The molecular weight excluding hydrogens is 338 g/mol. The highest BCUT2D eigenvalue weighted by molar-refractivity contribution is 6.29. The first-order chi connectivity index (χ1) is 12.2. The Balaban J connectivity index is 1.93. The number of aromatic nitrogens is 3. The third-order valence-electron chi connectivity index (χ3n) is 3.45. The van der Waals surface area contributed by atoms with Gasteiger partial charge in [-0.15, -0.1) is 0 Å². The summed E-state index contributed by atoms with van der Waals surface area (Å²) in [5.74, 6) is 0.642. The minimum atomic E-state index is 0.202. The van der Waals surface area contributed by atoms with Crippen LogP contribution in [0.4, 0.5) is 0 Å². The highest BCUT2D eigenvalue weighted by atomic mass is 35.5. The van der Waals surface area contributed by atoms with E-state index in [1.165, 1.54) is 0 Å². The van der Waals surface area contributed by atoms with E-state index in [4.69, 9.17) is 22.1 Å². The third-order valence-corrected chi connectivity index (χ3v) is 3.66. The van der Waals surface area contributed by atoms with Crippen LogP contribution in [0.15, 0.2) is 59.6 Å². The maximum atomic E-state index is 6.23. The van der Waals surface area contributed by atoms with Gasteiger partial charge in [-0.3, -0.25) is 15.0 Å². The van der Waals surface area contributed by atoms with Crippen LogP contribution in [-0.2, 0) is 0 Å². The van der Waals surface area contributed by atoms with Gasteiger partial charge in [0.2, 0.25) is 0 Å². The normalized spacial score (nSPS) is 12.4. The SMILES string of the molecule is CN=CC(=C(N)COc1cccnc1)c1cnc2ccc(Cl)nc2c1. The van der Waals surface area contributed by atoms with E-state index in [0.717, 1.165) is 16.7 Å². The number of hydrogen-bond donors (Lipinski definition) is 1. The van der Waals surface area contributed by atoms with Crippen molar-refractivity contribution >= 4 is 34.4 Å². The lowest BCUT2D eigenvalue weighted by Crippen LogP contribution is -2.13. The lowest BCUT2D eigenvalue weighted by molar-refractivity contribution is 0.350. The Kier molecular flexibility index (Phi) is 5.20. The zero-order valence-corrected chi connectivity index (χ0v) is 14.3. The molecule has 0 aliphatic heterocycles. The number of ether oxygens (including phenoxy) is 1. The van der Waals surface area contributed by atoms with E-state index in [9.17, 15) is 0 Å². The van der Waals surface area contributed by atoms with E-state index in [-0.39, 0.29) is 6.61 Å². The Hall–Kier alpha value is -2.99. The van der Waals surface area contributed by atoms with Gasteiger partial charge in [0.15, 0.2) is 0 Å². The highest BCUT2D eigenvalue weighted by Gasteiger charge is 2.09. The molecule has 0 aliphatic carbocycles. The van der Waals surface area contributed by atoms with E-state index in [1.54, 1.807) is 44.0 Å². The maximum Gasteiger partial charge on any atom is 0.138 e. The molecule has 0 atom stereocenters. The minimum Gasteiger partial charge on any atom is -0.486 e. The van der Waals surface area contributed by atoms with Crippen LogP contribution in [0.3, 0.4) is 0 Å². The van der Waals surface area contributed by atoms with Gasteiger partial charge in [0, 0.05) is 36.8 Å². The largest absolute Gasteiger partial charge is 0.486 e. The Morgan fingerprint density at radius 3 is 2.92 bits per heavy atom. The lowest BCUT2D eigenvalue weighted by atomic mass is 10.1. The summed E-state index contributed by atoms with van der Waals surface area (Å²) in [5, 5.41) is 0.411. The van der Waals surface area contributed by atoms with Gasteiger partial charge < -0.3 is 10.5 Å². The van der Waals surface area contributed by atoms with E-state index >= 15 is 0 Å². The van der Waals surface area contributed by atoms with Crippen LogP contribution in [-0.4, -0.2) is 34.8 Å². The van der Waals surface area contributed by atoms with E-state index in [2.05, 4.69) is 19.9 Å². The predicted molar refractivity (Wildman–Crippen MR) is 99.8 cm³/mol. The maximum absolute atomic E-state index is 6.23. The van der Waals surface area contributed by atoms with Gasteiger partial charge in [0.25, 0.3) is 0 Å². The lowest BCUT2D eigenvalue weighted by Gasteiger charge is -2.10. The molecular formula is C18H16ClN5O. The number of halogens is 1. The van der Waals surface area contributed by atoms with Crippen molar-refractivity contribution < 1.29 is 4.74 Å². The molecule has 2 N–H and O–H groups in total. The highest BCUT2D eigenvalue weighted by Crippen LogP contribution is 2.20. The number of allylic oxidation sites excluding steroid dienone is 1. The summed E-state index contributed by atoms with van der Waals surface area (Å²) in [6.45, 7) is 0.202. The van der Waals surface area contributed by atoms with Crippen molar-refractivity contribution in [3.63, 3.8) is 0 Å². The van der Waals surface area contributed by atoms with Crippen molar-refractivity contribution in [1.29, 1.82) is 0 Å². The molecule has 0 radical (unpaired) electrons. The van der Waals surface area contributed by atoms with Crippen molar-refractivity contribution in [3.05, 3.63) is 65.3 Å². The second kappa shape index (κ2) is 7.72. The fourth-order valence-electron chi connectivity index (χ4n) is 2.27. The summed E-state index contributed by atoms with van der Waals surface area (Å²) in [4.78, 5) is 16.8. The zero-order chi connectivity index (χ0) is 17.6. The molecule has 0 aromatic carbocycles. The quantitative estimate of drug-likeness (QED) is 0.562. The van der Waals surface area contributed by atoms with Crippen LogP contribution in [0.1, 0.15) is 5.56 Å². The van der Waals surface area contributed by atoms with E-state index in [1.807, 2.05) is 18.2 Å². The molecule has 6 nitrogen and oxygen atoms in total. The van der Waals surface area contributed by atoms with Gasteiger partial charge in [-0.1, -0.05) is 11.6 Å². The molecule has 3 aromatic rings. The fourth-order valence-corrected chi connectivity index (χ4v) is 2.43. The summed E-state index contributed by atoms with van der Waals surface area (Å²) in [7, 11) is 1.68. The van der Waals surface area contributed by atoms with Crippen molar-refractivity contribution in [3.8, 4) is 5.75 Å². The second-order valence-electron chi connectivity index (χ2n) is 5.20. The van der Waals surface area contributed by atoms with Crippen LogP contribution < -0.4 is 10.5 Å². The first-order valence-corrected chi connectivity index (χ1v) is 7.91. The number of pyridine rings is 3. The van der Waals surface area contributed by atoms with Gasteiger partial charge in [-0.2, -0.15) is 0 Å². The Labute approximate surface area is 150 Å². The first-order valence-electron chi connectivity index (χ1n) is 7.53. The number of fused-ring (bicyclic) bond motifs is 1. The number of hydrogen-bond acceptors (Lipinski definition) is 6. The van der Waals surface area contributed by atoms with Crippen LogP contribution in [0.2, 0.25) is 5.15 Å². The van der Waals surface area contributed by atoms with Crippen LogP contribution in [0, 0.1) is 0 Å². The van der Waals surface area contributed by atoms with Crippen molar-refractivity contribution in [1.82, 2.24) is 15.0 Å². The molecule has 7 heteroatoms. The molecule has 0 aliphatic rings. The summed E-state index contributed by atoms with van der Waals surface area (Å²) >= 11 is 5.96. The van der Waals surface area contributed by atoms with Gasteiger partial charge in [-0.05, 0) is 30.3 Å². The van der Waals surface area contributed by atoms with Gasteiger partial charge in [0.05, 0.1) is 22.9 Å². The molecule has 3 aromatic heterocycles. The van der Waals surface area contributed by atoms with Gasteiger partial charge in [-0.25, -0.2) is 4.98 Å². The van der Waals surface area contributed by atoms with Crippen LogP contribution in [0.25, 0.3) is 16.6 Å². The summed E-state index contributed by atoms with van der Waals surface area (Å²) in [5.41, 5.74) is 9.71. The number of nitrogens with zero attached hydrogens (tertiary/aromatic N) is 4. The molecule has 0 fully saturated rings. The van der Waals surface area contributed by atoms with Crippen molar-refractivity contribution in [2.75, 3.05) is 13.7 Å². The van der Waals surface area contributed by atoms with Gasteiger partial charge >= 0.3 is 0 Å². The predicted octanol–water partition coefficient (Wildman–Crippen LogP) is 3.13. The smallest absolute Gasteiger partial charge is 0.138 e. The summed E-state index contributed by atoms with van der Waals surface area (Å²) < 4.78 is 5.66. The third kappa shape index (κ3) is 4.10. The van der Waals surface area contributed by atoms with E-state index in [0.29, 0.717) is 22.1 Å². The Bertz CT molecular complexity index is 941. The molecule has 0 spiro atoms. The van der Waals surface area contributed by atoms with Gasteiger partial charge in [0.1, 0.15) is 17.5 Å². The molecule has 126 valence electrons. The summed E-state index contributed by atoms with van der Waals surface area (Å²) in [6.07, 6.45) is 6.71. The molecule has 0 bridgehead atoms. The monoisotopic (exact) mass is 353 g/mol. The van der Waals surface area contributed by atoms with Crippen molar-refractivity contribution in [2.24, 2.45) is 10.7 Å². The van der Waals surface area contributed by atoms with Crippen LogP contribution >= 0.6 is 11.6 Å². The van der Waals surface area contributed by atoms with Crippen molar-refractivity contribution in [2.45, 2.75) is 0 Å². The number of rotatable bonds is 5. The first kappa shape index (κ1) is 16.9. The molecule has 3 rings (SSSR count). The summed E-state index contributed by atoms with van der Waals surface area (Å²) in [6, 6.07) is 9.02. The molecule has 0 saturated carbocycles.